The van der Waals surface area contributed by atoms with Crippen LogP contribution in [0, 0.1) is 18.8 Å². The van der Waals surface area contributed by atoms with E-state index in [1.165, 1.54) is 6.33 Å². The molecule has 0 aliphatic carbocycles. The Labute approximate surface area is 162 Å². The van der Waals surface area contributed by atoms with E-state index in [0.29, 0.717) is 28.1 Å². The van der Waals surface area contributed by atoms with Crippen LogP contribution < -0.4 is 11.5 Å². The van der Waals surface area contributed by atoms with Crippen LogP contribution in [0.15, 0.2) is 24.5 Å². The van der Waals surface area contributed by atoms with Crippen molar-refractivity contribution in [3.05, 3.63) is 46.9 Å². The summed E-state index contributed by atoms with van der Waals surface area (Å²) in [6, 6.07) is 5.43. The third-order valence-electron chi connectivity index (χ3n) is 5.07. The van der Waals surface area contributed by atoms with Gasteiger partial charge in [-0.05, 0) is 44.0 Å². The Morgan fingerprint density at radius 3 is 2.82 bits per heavy atom. The van der Waals surface area contributed by atoms with Gasteiger partial charge in [-0.25, -0.2) is 14.6 Å². The standard InChI is InChI=1S/C20H21N7O/c1-12-3-4-14(19(22)28)9-13(12)5-6-16-17-18(21)23-11-24-20(17)27(25-16)15-7-8-26(2)10-15/h3-4,9,11,15H,7-8,10H2,1-2H3,(H2,22,28)(H2,21,23,24)/t15-/m1/s1. The quantitative estimate of drug-likeness (QED) is 0.648. The Balaban J connectivity index is 1.82. The SMILES string of the molecule is Cc1ccc(C(N)=O)cc1C#Cc1nn([C@@H]2CCN(C)C2)c2ncnc(N)c12. The van der Waals surface area contributed by atoms with Gasteiger partial charge in [0.05, 0.1) is 11.4 Å². The number of nitrogens with two attached hydrogens (primary N) is 2. The van der Waals surface area contributed by atoms with E-state index in [1.54, 1.807) is 12.1 Å². The molecule has 8 heteroatoms. The highest BCUT2D eigenvalue weighted by Gasteiger charge is 2.26. The topological polar surface area (TPSA) is 116 Å². The summed E-state index contributed by atoms with van der Waals surface area (Å²) in [5, 5.41) is 5.37. The fourth-order valence-corrected chi connectivity index (χ4v) is 3.49. The molecule has 1 amide bonds. The van der Waals surface area contributed by atoms with Crippen LogP contribution in [-0.2, 0) is 0 Å². The van der Waals surface area contributed by atoms with Crippen molar-refractivity contribution in [3.63, 3.8) is 0 Å². The summed E-state index contributed by atoms with van der Waals surface area (Å²) in [5.74, 6) is 6.07. The highest BCUT2D eigenvalue weighted by atomic mass is 16.1. The van der Waals surface area contributed by atoms with Crippen LogP contribution in [0.1, 0.15) is 39.6 Å². The van der Waals surface area contributed by atoms with Gasteiger partial charge in [-0.3, -0.25) is 4.79 Å². The number of hydrogen-bond acceptors (Lipinski definition) is 6. The zero-order valence-corrected chi connectivity index (χ0v) is 15.8. The van der Waals surface area contributed by atoms with Crippen molar-refractivity contribution in [1.82, 2.24) is 24.6 Å². The predicted molar refractivity (Wildman–Crippen MR) is 107 cm³/mol. The van der Waals surface area contributed by atoms with Crippen LogP contribution in [0.4, 0.5) is 5.82 Å². The summed E-state index contributed by atoms with van der Waals surface area (Å²) < 4.78 is 1.91. The highest BCUT2D eigenvalue weighted by molar-refractivity contribution is 5.93. The van der Waals surface area contributed by atoms with Gasteiger partial charge in [0.1, 0.15) is 17.8 Å². The lowest BCUT2D eigenvalue weighted by atomic mass is 10.0. The third kappa shape index (κ3) is 3.17. The minimum atomic E-state index is -0.485. The Morgan fingerprint density at radius 1 is 1.29 bits per heavy atom. The van der Waals surface area contributed by atoms with Crippen molar-refractivity contribution >= 4 is 22.8 Å². The zero-order chi connectivity index (χ0) is 19.8. The average molecular weight is 375 g/mol. The monoisotopic (exact) mass is 375 g/mol. The summed E-state index contributed by atoms with van der Waals surface area (Å²) in [6.07, 6.45) is 2.44. The second-order valence-electron chi connectivity index (χ2n) is 7.10. The fourth-order valence-electron chi connectivity index (χ4n) is 3.49. The molecule has 1 aromatic carbocycles. The van der Waals surface area contributed by atoms with Crippen LogP contribution >= 0.6 is 0 Å². The lowest BCUT2D eigenvalue weighted by molar-refractivity contribution is 0.1000. The largest absolute Gasteiger partial charge is 0.383 e. The number of likely N-dealkylation sites (N-methyl/N-ethyl adjacent to an activating group) is 1. The second-order valence-corrected chi connectivity index (χ2v) is 7.10. The van der Waals surface area contributed by atoms with Crippen molar-refractivity contribution in [1.29, 1.82) is 0 Å². The van der Waals surface area contributed by atoms with E-state index in [4.69, 9.17) is 16.6 Å². The minimum absolute atomic E-state index is 0.220. The molecule has 28 heavy (non-hydrogen) atoms. The summed E-state index contributed by atoms with van der Waals surface area (Å²) in [7, 11) is 2.09. The van der Waals surface area contributed by atoms with Gasteiger partial charge in [0.25, 0.3) is 0 Å². The van der Waals surface area contributed by atoms with E-state index in [1.807, 2.05) is 17.7 Å². The van der Waals surface area contributed by atoms with Gasteiger partial charge >= 0.3 is 0 Å². The first kappa shape index (κ1) is 17.9. The molecule has 4 N–H and O–H groups in total. The number of benzene rings is 1. The van der Waals surface area contributed by atoms with E-state index >= 15 is 0 Å². The summed E-state index contributed by atoms with van der Waals surface area (Å²) in [6.45, 7) is 3.83. The van der Waals surface area contributed by atoms with Gasteiger partial charge in [-0.15, -0.1) is 0 Å². The maximum Gasteiger partial charge on any atom is 0.248 e. The molecule has 1 atom stereocenters. The van der Waals surface area contributed by atoms with Gasteiger partial charge in [0.2, 0.25) is 5.91 Å². The van der Waals surface area contributed by atoms with E-state index in [2.05, 4.69) is 33.8 Å². The number of rotatable bonds is 2. The minimum Gasteiger partial charge on any atom is -0.383 e. The molecule has 8 nitrogen and oxygen atoms in total. The number of aromatic nitrogens is 4. The Hall–Kier alpha value is -3.44. The normalized spacial score (nSPS) is 16.9. The van der Waals surface area contributed by atoms with Crippen molar-refractivity contribution in [2.24, 2.45) is 5.73 Å². The number of likely N-dealkylation sites (tertiary alicyclic amines) is 1. The van der Waals surface area contributed by atoms with E-state index < -0.39 is 5.91 Å². The Morgan fingerprint density at radius 2 is 2.11 bits per heavy atom. The molecule has 1 aliphatic rings. The summed E-state index contributed by atoms with van der Waals surface area (Å²) in [4.78, 5) is 22.2. The van der Waals surface area contributed by atoms with Gasteiger partial charge in [0.15, 0.2) is 5.65 Å². The molecule has 1 saturated heterocycles. The molecule has 0 bridgehead atoms. The maximum absolute atomic E-state index is 11.5. The number of carbonyl (C=O) groups is 1. The molecule has 3 aromatic rings. The molecule has 0 saturated carbocycles. The van der Waals surface area contributed by atoms with Gasteiger partial charge < -0.3 is 16.4 Å². The molecule has 0 spiro atoms. The molecule has 2 aromatic heterocycles. The number of fused-ring (bicyclic) bond motifs is 1. The van der Waals surface area contributed by atoms with Crippen LogP contribution in [0.3, 0.4) is 0 Å². The summed E-state index contributed by atoms with van der Waals surface area (Å²) in [5.41, 5.74) is 14.8. The average Bonchev–Trinajstić information content (AvgIpc) is 3.25. The molecule has 0 unspecified atom stereocenters. The molecular formula is C20H21N7O. The van der Waals surface area contributed by atoms with E-state index in [9.17, 15) is 4.79 Å². The summed E-state index contributed by atoms with van der Waals surface area (Å²) >= 11 is 0. The molecular weight excluding hydrogens is 354 g/mol. The maximum atomic E-state index is 11.5. The number of aryl methyl sites for hydroxylation is 1. The molecule has 3 heterocycles. The molecule has 0 radical (unpaired) electrons. The van der Waals surface area contributed by atoms with Crippen molar-refractivity contribution in [3.8, 4) is 11.8 Å². The number of hydrogen-bond donors (Lipinski definition) is 2. The first-order valence-corrected chi connectivity index (χ1v) is 9.03. The Bertz CT molecular complexity index is 1140. The third-order valence-corrected chi connectivity index (χ3v) is 5.07. The zero-order valence-electron chi connectivity index (χ0n) is 15.8. The number of amides is 1. The number of carbonyl (C=O) groups excluding carboxylic acids is 1. The van der Waals surface area contributed by atoms with Crippen LogP contribution in [-0.4, -0.2) is 50.7 Å². The van der Waals surface area contributed by atoms with Crippen LogP contribution in [0.2, 0.25) is 0 Å². The predicted octanol–water partition coefficient (Wildman–Crippen LogP) is 1.09. The second kappa shape index (κ2) is 6.94. The Kier molecular flexibility index (Phi) is 4.45. The number of anilines is 1. The molecule has 1 aliphatic heterocycles. The lowest BCUT2D eigenvalue weighted by Crippen LogP contribution is -2.17. The number of nitrogen functional groups attached to an aromatic ring is 1. The van der Waals surface area contributed by atoms with E-state index in [0.717, 1.165) is 30.6 Å². The fraction of sp³-hybridized carbons (Fsp3) is 0.300. The van der Waals surface area contributed by atoms with E-state index in [-0.39, 0.29) is 6.04 Å². The molecule has 142 valence electrons. The van der Waals surface area contributed by atoms with Gasteiger partial charge in [-0.2, -0.15) is 5.10 Å². The lowest BCUT2D eigenvalue weighted by Gasteiger charge is -2.11. The molecule has 4 rings (SSSR count). The van der Waals surface area contributed by atoms with Crippen molar-refractivity contribution < 1.29 is 4.79 Å². The van der Waals surface area contributed by atoms with Crippen molar-refractivity contribution in [2.75, 3.05) is 25.9 Å². The van der Waals surface area contributed by atoms with Crippen molar-refractivity contribution in [2.45, 2.75) is 19.4 Å². The van der Waals surface area contributed by atoms with Gasteiger partial charge in [0, 0.05) is 24.2 Å². The molecule has 1 fully saturated rings. The number of primary amides is 1. The smallest absolute Gasteiger partial charge is 0.248 e. The highest BCUT2D eigenvalue weighted by Crippen LogP contribution is 2.27. The van der Waals surface area contributed by atoms with Gasteiger partial charge in [-0.1, -0.05) is 12.0 Å². The number of nitrogens with zero attached hydrogens (tertiary/aromatic N) is 5. The first-order valence-electron chi connectivity index (χ1n) is 9.03. The van der Waals surface area contributed by atoms with Crippen LogP contribution in [0.5, 0.6) is 0 Å². The van der Waals surface area contributed by atoms with Crippen LogP contribution in [0.25, 0.3) is 11.0 Å². The first-order chi connectivity index (χ1) is 13.4.